The van der Waals surface area contributed by atoms with Crippen LogP contribution in [-0.4, -0.2) is 97.5 Å². The maximum Gasteiger partial charge on any atom is 0.397 e. The minimum Gasteiger partial charge on any atom is -0.457 e. The summed E-state index contributed by atoms with van der Waals surface area (Å²) in [5.74, 6) is -0.445. The van der Waals surface area contributed by atoms with Gasteiger partial charge in [-0.05, 0) is 96.3 Å². The van der Waals surface area contributed by atoms with Gasteiger partial charge in [-0.1, -0.05) is 173 Å². The molecule has 13 heteroatoms. The third-order valence-corrected chi connectivity index (χ3v) is 10.8. The first-order valence-corrected chi connectivity index (χ1v) is 26.3. The van der Waals surface area contributed by atoms with E-state index in [0.717, 1.165) is 109 Å². The van der Waals surface area contributed by atoms with E-state index in [1.165, 1.54) is 0 Å². The van der Waals surface area contributed by atoms with Crippen LogP contribution < -0.4 is 0 Å². The summed E-state index contributed by atoms with van der Waals surface area (Å²) in [6.45, 7) is 3.49. The molecule has 384 valence electrons. The molecule has 6 atom stereocenters. The Morgan fingerprint density at radius 3 is 1.41 bits per heavy atom. The van der Waals surface area contributed by atoms with Crippen molar-refractivity contribution in [1.82, 2.24) is 0 Å². The molecule has 1 saturated heterocycles. The molecule has 6 unspecified atom stereocenters. The topological polar surface area (TPSA) is 178 Å². The zero-order valence-electron chi connectivity index (χ0n) is 41.1. The van der Waals surface area contributed by atoms with Crippen molar-refractivity contribution < 1.29 is 56.2 Å². The molecule has 0 saturated carbocycles. The van der Waals surface area contributed by atoms with Gasteiger partial charge in [-0.25, -0.2) is 4.18 Å². The predicted octanol–water partition coefficient (Wildman–Crippen LogP) is 11.5. The highest BCUT2D eigenvalue weighted by molar-refractivity contribution is 7.80. The minimum absolute atomic E-state index is 0.0347. The van der Waals surface area contributed by atoms with E-state index < -0.39 is 59.8 Å². The lowest BCUT2D eigenvalue weighted by Gasteiger charge is -2.41. The maximum absolute atomic E-state index is 12.9. The summed E-state index contributed by atoms with van der Waals surface area (Å²) in [7, 11) is -5.09. The molecule has 4 N–H and O–H groups in total. The Bertz CT molecular complexity index is 1690. The Kier molecular flexibility index (Phi) is 40.7. The summed E-state index contributed by atoms with van der Waals surface area (Å²) in [5, 5.41) is 30.7. The van der Waals surface area contributed by atoms with Gasteiger partial charge in [-0.3, -0.25) is 9.35 Å². The predicted molar refractivity (Wildman–Crippen MR) is 275 cm³/mol. The number of unbranched alkanes of at least 4 members (excludes halogenated alkanes) is 6. The average Bonchev–Trinajstić information content (AvgIpc) is 3.31. The molecule has 0 bridgehead atoms. The first-order valence-electron chi connectivity index (χ1n) is 24.9. The highest BCUT2D eigenvalue weighted by Gasteiger charge is 2.48. The monoisotopic (exact) mass is 971 g/mol. The molecule has 1 fully saturated rings. The summed E-state index contributed by atoms with van der Waals surface area (Å²) in [6, 6.07) is 0. The van der Waals surface area contributed by atoms with Gasteiger partial charge >= 0.3 is 16.4 Å². The summed E-state index contributed by atoms with van der Waals surface area (Å²) >= 11 is 0. The van der Waals surface area contributed by atoms with E-state index in [4.69, 9.17) is 18.9 Å². The normalized spacial score (nSPS) is 20.5. The fraction of sp³-hybridized carbons (Fsp3) is 0.582. The van der Waals surface area contributed by atoms with Crippen molar-refractivity contribution in [3.63, 3.8) is 0 Å². The number of aliphatic hydroxyl groups excluding tert-OH is 3. The third-order valence-electron chi connectivity index (χ3n) is 10.3. The van der Waals surface area contributed by atoms with E-state index >= 15 is 0 Å². The van der Waals surface area contributed by atoms with E-state index in [-0.39, 0.29) is 19.6 Å². The lowest BCUT2D eigenvalue weighted by atomic mass is 9.99. The number of allylic oxidation sites excluding steroid dienone is 21. The third kappa shape index (κ3) is 37.2. The van der Waals surface area contributed by atoms with E-state index in [0.29, 0.717) is 19.4 Å². The van der Waals surface area contributed by atoms with Crippen LogP contribution in [0.2, 0.25) is 0 Å². The first-order chi connectivity index (χ1) is 33.1. The van der Waals surface area contributed by atoms with Crippen LogP contribution in [0, 0.1) is 0 Å². The number of aliphatic hydroxyl groups is 3. The molecule has 1 heterocycles. The molecule has 68 heavy (non-hydrogen) atoms. The van der Waals surface area contributed by atoms with Crippen molar-refractivity contribution in [2.24, 2.45) is 0 Å². The molecular formula is C55H86O12S. The molecule has 0 aromatic rings. The van der Waals surface area contributed by atoms with Crippen molar-refractivity contribution >= 4 is 16.4 Å². The molecular weight excluding hydrogens is 885 g/mol. The van der Waals surface area contributed by atoms with Crippen LogP contribution in [0.15, 0.2) is 134 Å². The van der Waals surface area contributed by atoms with Crippen molar-refractivity contribution in [3.05, 3.63) is 134 Å². The van der Waals surface area contributed by atoms with E-state index in [2.05, 4.69) is 140 Å². The molecule has 1 rings (SSSR count). The van der Waals surface area contributed by atoms with Crippen LogP contribution in [0.1, 0.15) is 142 Å². The number of carbonyl (C=O) groups excluding carboxylic acids is 1. The van der Waals surface area contributed by atoms with Crippen molar-refractivity contribution in [2.45, 2.75) is 179 Å². The Morgan fingerprint density at radius 1 is 0.559 bits per heavy atom. The molecule has 0 aliphatic carbocycles. The number of carbonyl (C=O) groups is 1. The Morgan fingerprint density at radius 2 is 0.971 bits per heavy atom. The van der Waals surface area contributed by atoms with Crippen molar-refractivity contribution in [1.29, 1.82) is 0 Å². The Hall–Kier alpha value is -3.76. The lowest BCUT2D eigenvalue weighted by molar-refractivity contribution is -0.301. The van der Waals surface area contributed by atoms with Crippen LogP contribution >= 0.6 is 0 Å². The van der Waals surface area contributed by atoms with Crippen LogP contribution in [0.25, 0.3) is 0 Å². The van der Waals surface area contributed by atoms with Crippen molar-refractivity contribution in [3.8, 4) is 0 Å². The summed E-state index contributed by atoms with van der Waals surface area (Å²) in [5.41, 5.74) is 0. The second kappa shape index (κ2) is 44.4. The molecule has 0 aromatic carbocycles. The van der Waals surface area contributed by atoms with E-state index in [1.54, 1.807) is 0 Å². The second-order valence-corrected chi connectivity index (χ2v) is 17.3. The summed E-state index contributed by atoms with van der Waals surface area (Å²) in [4.78, 5) is 12.9. The molecule has 0 amide bonds. The number of esters is 1. The van der Waals surface area contributed by atoms with E-state index in [9.17, 15) is 33.1 Å². The quantitative estimate of drug-likeness (QED) is 0.0198. The first kappa shape index (κ1) is 62.3. The number of ether oxygens (including phenoxy) is 4. The minimum atomic E-state index is -5.09. The lowest BCUT2D eigenvalue weighted by Crippen LogP contribution is -2.60. The largest absolute Gasteiger partial charge is 0.457 e. The zero-order valence-corrected chi connectivity index (χ0v) is 41.9. The smallest absolute Gasteiger partial charge is 0.397 e. The molecule has 0 aromatic heterocycles. The van der Waals surface area contributed by atoms with Gasteiger partial charge in [0.1, 0.15) is 30.5 Å². The fourth-order valence-corrected chi connectivity index (χ4v) is 7.13. The van der Waals surface area contributed by atoms with Gasteiger partial charge in [0.2, 0.25) is 0 Å². The average molecular weight is 971 g/mol. The summed E-state index contributed by atoms with van der Waals surface area (Å²) < 4.78 is 59.0. The van der Waals surface area contributed by atoms with E-state index in [1.807, 2.05) is 12.2 Å². The van der Waals surface area contributed by atoms with Gasteiger partial charge < -0.3 is 34.3 Å². The second-order valence-electron chi connectivity index (χ2n) is 16.3. The number of hydrogen-bond donors (Lipinski definition) is 4. The van der Waals surface area contributed by atoms with Gasteiger partial charge in [0.25, 0.3) is 0 Å². The van der Waals surface area contributed by atoms with Gasteiger partial charge in [-0.15, -0.1) is 0 Å². The van der Waals surface area contributed by atoms with Crippen LogP contribution in [0.5, 0.6) is 0 Å². The standard InChI is InChI=1S/C55H86O12S/c1-3-5-7-9-11-13-15-17-19-21-22-23-24-25-26-27-28-29-30-32-34-36-38-40-42-44-51(57)65-49(48-64-55-53(59)54(67-68(60,61)62)52(58)50(46-56)66-55)47-63-45-43-41-39-37-35-33-31-20-18-16-14-12-10-8-6-4-2/h5-8,11-14,17-20,22-23,25-26,28-29,33,35,39,41,49-50,52-56,58-59H,3-4,9-10,15-16,21,24,27,30-32,34,36-38,40,42-48H2,1-2H3,(H,60,61,62)/b7-5-,8-6-,13-11-,14-12-,19-17-,20-18-,23-22-,26-25-,29-28-,35-33-,41-39-. The van der Waals surface area contributed by atoms with Gasteiger partial charge in [0.15, 0.2) is 6.29 Å². The highest BCUT2D eigenvalue weighted by atomic mass is 32.3. The number of hydrogen-bond acceptors (Lipinski definition) is 11. The Balaban J connectivity index is 2.43. The molecule has 12 nitrogen and oxygen atoms in total. The maximum atomic E-state index is 12.9. The van der Waals surface area contributed by atoms with Crippen LogP contribution in [0.3, 0.4) is 0 Å². The molecule has 0 spiro atoms. The molecule has 1 aliphatic rings. The highest BCUT2D eigenvalue weighted by Crippen LogP contribution is 2.26. The van der Waals surface area contributed by atoms with Crippen LogP contribution in [0.4, 0.5) is 0 Å². The summed E-state index contributed by atoms with van der Waals surface area (Å²) in [6.07, 6.45) is 56.5. The van der Waals surface area contributed by atoms with Gasteiger partial charge in [0.05, 0.1) is 26.4 Å². The van der Waals surface area contributed by atoms with Crippen molar-refractivity contribution in [2.75, 3.05) is 26.4 Å². The molecule has 0 radical (unpaired) electrons. The molecule has 1 aliphatic heterocycles. The zero-order chi connectivity index (χ0) is 49.6. The van der Waals surface area contributed by atoms with Gasteiger partial charge in [0, 0.05) is 6.42 Å². The van der Waals surface area contributed by atoms with Gasteiger partial charge in [-0.2, -0.15) is 8.42 Å². The number of rotatable bonds is 41. The van der Waals surface area contributed by atoms with Crippen LogP contribution in [-0.2, 0) is 38.3 Å². The SMILES string of the molecule is CC/C=C\C/C=C\C/C=C\C/C=C\C/C=C\C/C=C\CCCCCCCCC(=O)OC(COCC/C=C\C/C=C\C/C=C\C/C=C\C/C=C\CC)COC1OC(CO)C(O)C(OS(=O)(=O)O)C1O. The Labute approximate surface area is 410 Å². The fourth-order valence-electron chi connectivity index (χ4n) is 6.62.